The minimum atomic E-state index is -1.30. The lowest BCUT2D eigenvalue weighted by Crippen LogP contribution is -2.55. The van der Waals surface area contributed by atoms with E-state index in [2.05, 4.69) is 0 Å². The number of carbonyl (C=O) groups excluding carboxylic acids is 3. The highest BCUT2D eigenvalue weighted by Crippen LogP contribution is 2.24. The normalized spacial score (nSPS) is 29.4. The van der Waals surface area contributed by atoms with Crippen LogP contribution in [0, 0.1) is 6.61 Å². The molecule has 1 radical (unpaired) electrons. The number of aliphatic hydroxyl groups is 1. The van der Waals surface area contributed by atoms with E-state index in [9.17, 15) is 19.5 Å². The minimum Gasteiger partial charge on any atom is -0.463 e. The molecule has 20 heavy (non-hydrogen) atoms. The van der Waals surface area contributed by atoms with Gasteiger partial charge < -0.3 is 24.1 Å². The number of carbonyl (C=O) groups is 3. The van der Waals surface area contributed by atoms with E-state index in [1.165, 1.54) is 13.8 Å². The van der Waals surface area contributed by atoms with Crippen LogP contribution >= 0.6 is 0 Å². The Morgan fingerprint density at radius 1 is 1.10 bits per heavy atom. The number of ether oxygens (including phenoxy) is 4. The third kappa shape index (κ3) is 4.78. The quantitative estimate of drug-likeness (QED) is 0.536. The summed E-state index contributed by atoms with van der Waals surface area (Å²) in [5, 5.41) is 10.1. The molecule has 4 atom stereocenters. The van der Waals surface area contributed by atoms with Gasteiger partial charge in [-0.25, -0.2) is 0 Å². The van der Waals surface area contributed by atoms with Gasteiger partial charge in [0, 0.05) is 20.8 Å². The van der Waals surface area contributed by atoms with Crippen molar-refractivity contribution < 1.29 is 38.4 Å². The fraction of sp³-hybridized carbons (Fsp3) is 0.667. The van der Waals surface area contributed by atoms with E-state index in [-0.39, 0.29) is 6.61 Å². The zero-order valence-corrected chi connectivity index (χ0v) is 11.4. The molecule has 1 heterocycles. The largest absolute Gasteiger partial charge is 0.463 e. The number of aliphatic hydroxyl groups excluding tert-OH is 1. The third-order valence-corrected chi connectivity index (χ3v) is 2.48. The predicted molar refractivity (Wildman–Crippen MR) is 62.9 cm³/mol. The second-order valence-electron chi connectivity index (χ2n) is 4.25. The summed E-state index contributed by atoms with van der Waals surface area (Å²) in [4.78, 5) is 32.7. The van der Waals surface area contributed by atoms with Crippen molar-refractivity contribution in [2.45, 2.75) is 45.2 Å². The Bertz CT molecular complexity index is 380. The topological polar surface area (TPSA) is 108 Å². The van der Waals surface area contributed by atoms with Gasteiger partial charge in [0.05, 0.1) is 0 Å². The first-order valence-corrected chi connectivity index (χ1v) is 5.96. The van der Waals surface area contributed by atoms with Gasteiger partial charge in [-0.3, -0.25) is 14.4 Å². The highest BCUT2D eigenvalue weighted by Gasteiger charge is 2.44. The van der Waals surface area contributed by atoms with Crippen molar-refractivity contribution in [3.05, 3.63) is 6.61 Å². The minimum absolute atomic E-state index is 0.211. The molecule has 0 aromatic heterocycles. The van der Waals surface area contributed by atoms with Crippen LogP contribution in [0.3, 0.4) is 0 Å². The Labute approximate surface area is 115 Å². The zero-order chi connectivity index (χ0) is 15.3. The Morgan fingerprint density at radius 2 is 1.70 bits per heavy atom. The summed E-state index contributed by atoms with van der Waals surface area (Å²) in [5.74, 6) is -1.79. The fourth-order valence-corrected chi connectivity index (χ4v) is 1.69. The van der Waals surface area contributed by atoms with Crippen molar-refractivity contribution in [3.63, 3.8) is 0 Å². The molecule has 0 aliphatic carbocycles. The Balaban J connectivity index is 2.73. The highest BCUT2D eigenvalue weighted by molar-refractivity contribution is 5.67. The molecule has 0 aromatic carbocycles. The standard InChI is InChI=1S/C12H17O8/c1-6(13)17-4-9-11(16)12(20-8(3)15)10(5-18-9)19-7(2)14/h5,9-12,16H,4H2,1-3H3/t9-,10+,11-,12-/m1/s1. The van der Waals surface area contributed by atoms with Crippen LogP contribution in [-0.4, -0.2) is 54.0 Å². The van der Waals surface area contributed by atoms with E-state index in [1.54, 1.807) is 0 Å². The fourth-order valence-electron chi connectivity index (χ4n) is 1.69. The van der Waals surface area contributed by atoms with Crippen LogP contribution in [0.25, 0.3) is 0 Å². The summed E-state index contributed by atoms with van der Waals surface area (Å²) >= 11 is 0. The molecule has 1 N–H and O–H groups in total. The first-order chi connectivity index (χ1) is 9.31. The molecule has 1 aliphatic heterocycles. The van der Waals surface area contributed by atoms with Crippen LogP contribution in [0.5, 0.6) is 0 Å². The van der Waals surface area contributed by atoms with E-state index in [4.69, 9.17) is 18.9 Å². The first kappa shape index (κ1) is 16.4. The second-order valence-corrected chi connectivity index (χ2v) is 4.25. The van der Waals surface area contributed by atoms with E-state index in [1.807, 2.05) is 0 Å². The molecule has 0 unspecified atom stereocenters. The highest BCUT2D eigenvalue weighted by atomic mass is 16.6. The van der Waals surface area contributed by atoms with Gasteiger partial charge in [0.2, 0.25) is 0 Å². The Kier molecular flexibility index (Phi) is 5.90. The summed E-state index contributed by atoms with van der Waals surface area (Å²) in [5.41, 5.74) is 0. The summed E-state index contributed by atoms with van der Waals surface area (Å²) in [6.07, 6.45) is -4.35. The van der Waals surface area contributed by atoms with Crippen molar-refractivity contribution in [2.24, 2.45) is 0 Å². The molecule has 8 heteroatoms. The molecule has 1 rings (SSSR count). The van der Waals surface area contributed by atoms with Crippen LogP contribution in [0.1, 0.15) is 20.8 Å². The summed E-state index contributed by atoms with van der Waals surface area (Å²) < 4.78 is 19.7. The Morgan fingerprint density at radius 3 is 2.20 bits per heavy atom. The molecule has 1 aliphatic rings. The molecule has 0 spiro atoms. The number of esters is 3. The van der Waals surface area contributed by atoms with E-state index in [0.717, 1.165) is 13.5 Å². The van der Waals surface area contributed by atoms with Gasteiger partial charge in [-0.2, -0.15) is 0 Å². The van der Waals surface area contributed by atoms with Crippen molar-refractivity contribution >= 4 is 17.9 Å². The van der Waals surface area contributed by atoms with Crippen LogP contribution in [0.2, 0.25) is 0 Å². The second kappa shape index (κ2) is 7.20. The summed E-state index contributed by atoms with van der Waals surface area (Å²) in [6, 6.07) is 0. The van der Waals surface area contributed by atoms with Crippen molar-refractivity contribution in [1.29, 1.82) is 0 Å². The van der Waals surface area contributed by atoms with E-state index >= 15 is 0 Å². The van der Waals surface area contributed by atoms with Gasteiger partial charge in [-0.15, -0.1) is 0 Å². The molecule has 0 aromatic rings. The van der Waals surface area contributed by atoms with Gasteiger partial charge in [0.15, 0.2) is 12.2 Å². The van der Waals surface area contributed by atoms with Gasteiger partial charge in [0.1, 0.15) is 25.4 Å². The monoisotopic (exact) mass is 289 g/mol. The molecule has 8 nitrogen and oxygen atoms in total. The average molecular weight is 289 g/mol. The molecule has 1 fully saturated rings. The predicted octanol–water partition coefficient (Wildman–Crippen LogP) is -0.666. The lowest BCUT2D eigenvalue weighted by molar-refractivity contribution is -0.208. The first-order valence-electron chi connectivity index (χ1n) is 5.96. The molecule has 0 saturated carbocycles. The number of hydrogen-bond acceptors (Lipinski definition) is 8. The van der Waals surface area contributed by atoms with Gasteiger partial charge >= 0.3 is 17.9 Å². The van der Waals surface area contributed by atoms with E-state index in [0.29, 0.717) is 0 Å². The summed E-state index contributed by atoms with van der Waals surface area (Å²) in [7, 11) is 0. The molecule has 0 bridgehead atoms. The summed E-state index contributed by atoms with van der Waals surface area (Å²) in [6.45, 7) is 4.47. The Hall–Kier alpha value is -1.67. The molecular formula is C12H17O8. The van der Waals surface area contributed by atoms with Crippen LogP contribution < -0.4 is 0 Å². The van der Waals surface area contributed by atoms with E-state index < -0.39 is 42.3 Å². The lowest BCUT2D eigenvalue weighted by atomic mass is 10.00. The van der Waals surface area contributed by atoms with Crippen molar-refractivity contribution in [3.8, 4) is 0 Å². The number of hydrogen-bond donors (Lipinski definition) is 1. The van der Waals surface area contributed by atoms with Crippen LogP contribution in [-0.2, 0) is 33.3 Å². The van der Waals surface area contributed by atoms with Crippen molar-refractivity contribution in [1.82, 2.24) is 0 Å². The smallest absolute Gasteiger partial charge is 0.303 e. The van der Waals surface area contributed by atoms with Crippen LogP contribution in [0.4, 0.5) is 0 Å². The molecule has 0 amide bonds. The van der Waals surface area contributed by atoms with Gasteiger partial charge in [-0.1, -0.05) is 0 Å². The molecular weight excluding hydrogens is 272 g/mol. The maximum absolute atomic E-state index is 11.0. The lowest BCUT2D eigenvalue weighted by Gasteiger charge is -2.37. The molecule has 1 saturated heterocycles. The van der Waals surface area contributed by atoms with Gasteiger partial charge in [-0.05, 0) is 0 Å². The third-order valence-electron chi connectivity index (χ3n) is 2.48. The number of rotatable bonds is 4. The van der Waals surface area contributed by atoms with Gasteiger partial charge in [0.25, 0.3) is 0 Å². The zero-order valence-electron chi connectivity index (χ0n) is 11.4. The SMILES string of the molecule is CC(=O)OC[C@H]1O[CH][C@H](OC(C)=O)[C@@H](OC(C)=O)[C@@H]1O. The maximum atomic E-state index is 11.0. The molecule has 113 valence electrons. The van der Waals surface area contributed by atoms with Crippen LogP contribution in [0.15, 0.2) is 0 Å². The average Bonchev–Trinajstić information content (AvgIpc) is 2.31. The maximum Gasteiger partial charge on any atom is 0.303 e. The van der Waals surface area contributed by atoms with Crippen molar-refractivity contribution in [2.75, 3.05) is 6.61 Å².